The van der Waals surface area contributed by atoms with Crippen molar-refractivity contribution in [3.63, 3.8) is 0 Å². The Bertz CT molecular complexity index is 233. The van der Waals surface area contributed by atoms with Crippen LogP contribution in [0.2, 0.25) is 0 Å². The molecule has 4 nitrogen and oxygen atoms in total. The van der Waals surface area contributed by atoms with E-state index in [0.29, 0.717) is 31.5 Å². The van der Waals surface area contributed by atoms with Crippen molar-refractivity contribution in [2.45, 2.75) is 38.2 Å². The summed E-state index contributed by atoms with van der Waals surface area (Å²) in [4.78, 5) is 11.9. The molecule has 0 saturated carbocycles. The second-order valence-electron chi connectivity index (χ2n) is 4.95. The second kappa shape index (κ2) is 7.09. The van der Waals surface area contributed by atoms with E-state index in [1.165, 1.54) is 0 Å². The van der Waals surface area contributed by atoms with Crippen molar-refractivity contribution in [2.24, 2.45) is 5.92 Å². The number of ketones is 1. The number of ether oxygens (including phenoxy) is 2. The lowest BCUT2D eigenvalue weighted by Gasteiger charge is -2.24. The van der Waals surface area contributed by atoms with E-state index in [4.69, 9.17) is 9.47 Å². The van der Waals surface area contributed by atoms with Gasteiger partial charge in [0.15, 0.2) is 0 Å². The zero-order chi connectivity index (χ0) is 11.9. The molecule has 2 aliphatic rings. The van der Waals surface area contributed by atoms with Crippen molar-refractivity contribution in [3.05, 3.63) is 0 Å². The van der Waals surface area contributed by atoms with Crippen LogP contribution >= 0.6 is 0 Å². The third kappa shape index (κ3) is 4.37. The highest BCUT2D eigenvalue weighted by atomic mass is 16.5. The topological polar surface area (TPSA) is 47.6 Å². The summed E-state index contributed by atoms with van der Waals surface area (Å²) in [5, 5.41) is 3.30. The predicted molar refractivity (Wildman–Crippen MR) is 65.0 cm³/mol. The van der Waals surface area contributed by atoms with E-state index in [-0.39, 0.29) is 5.92 Å². The molecule has 0 spiro atoms. The lowest BCUT2D eigenvalue weighted by atomic mass is 9.96. The summed E-state index contributed by atoms with van der Waals surface area (Å²) in [6.07, 6.45) is 5.06. The first-order valence-corrected chi connectivity index (χ1v) is 6.79. The minimum absolute atomic E-state index is 0.125. The van der Waals surface area contributed by atoms with Gasteiger partial charge < -0.3 is 14.8 Å². The monoisotopic (exact) mass is 241 g/mol. The normalized spacial score (nSPS) is 26.9. The Hall–Kier alpha value is -0.450. The van der Waals surface area contributed by atoms with Gasteiger partial charge in [0.2, 0.25) is 0 Å². The van der Waals surface area contributed by atoms with Gasteiger partial charge in [-0.1, -0.05) is 0 Å². The predicted octanol–water partition coefficient (Wildman–Crippen LogP) is 1.14. The van der Waals surface area contributed by atoms with Crippen molar-refractivity contribution in [1.29, 1.82) is 0 Å². The van der Waals surface area contributed by atoms with Crippen molar-refractivity contribution in [1.82, 2.24) is 5.32 Å². The molecule has 2 fully saturated rings. The molecule has 17 heavy (non-hydrogen) atoms. The minimum Gasteiger partial charge on any atom is -0.381 e. The van der Waals surface area contributed by atoms with E-state index in [1.54, 1.807) is 0 Å². The Balaban J connectivity index is 1.58. The number of hydrogen-bond acceptors (Lipinski definition) is 4. The number of carbonyl (C=O) groups is 1. The largest absolute Gasteiger partial charge is 0.381 e. The summed E-state index contributed by atoms with van der Waals surface area (Å²) in [5.41, 5.74) is 0. The average Bonchev–Trinajstić information content (AvgIpc) is 2.41. The van der Waals surface area contributed by atoms with Crippen LogP contribution in [0.5, 0.6) is 0 Å². The molecule has 0 radical (unpaired) electrons. The maximum Gasteiger partial charge on any atom is 0.140 e. The van der Waals surface area contributed by atoms with Crippen LogP contribution in [-0.4, -0.2) is 44.8 Å². The molecule has 0 aromatic rings. The average molecular weight is 241 g/mol. The number of nitrogens with one attached hydrogen (secondary N) is 1. The highest BCUT2D eigenvalue weighted by molar-refractivity contribution is 5.81. The van der Waals surface area contributed by atoms with Crippen LogP contribution in [0.1, 0.15) is 32.1 Å². The molecule has 0 aromatic heterocycles. The Morgan fingerprint density at radius 3 is 2.82 bits per heavy atom. The van der Waals surface area contributed by atoms with Crippen molar-refractivity contribution in [3.8, 4) is 0 Å². The molecule has 0 aliphatic carbocycles. The maximum atomic E-state index is 11.9. The third-order valence-corrected chi connectivity index (χ3v) is 3.60. The van der Waals surface area contributed by atoms with E-state index >= 15 is 0 Å². The van der Waals surface area contributed by atoms with E-state index in [2.05, 4.69) is 5.32 Å². The van der Waals surface area contributed by atoms with E-state index in [9.17, 15) is 4.79 Å². The standard InChI is InChI=1S/C13H23NO3/c15-13(11-2-1-8-16-10-11)5-9-17-12-3-6-14-7-4-12/h11-12,14H,1-10H2. The van der Waals surface area contributed by atoms with E-state index < -0.39 is 0 Å². The van der Waals surface area contributed by atoms with E-state index in [1.807, 2.05) is 0 Å². The van der Waals surface area contributed by atoms with Gasteiger partial charge in [0.25, 0.3) is 0 Å². The van der Waals surface area contributed by atoms with Crippen LogP contribution < -0.4 is 5.32 Å². The summed E-state index contributed by atoms with van der Waals surface area (Å²) in [7, 11) is 0. The number of rotatable bonds is 5. The van der Waals surface area contributed by atoms with Crippen molar-refractivity contribution >= 4 is 5.78 Å². The fraction of sp³-hybridized carbons (Fsp3) is 0.923. The molecule has 1 unspecified atom stereocenters. The van der Waals surface area contributed by atoms with Gasteiger partial charge in [0, 0.05) is 18.9 Å². The number of hydrogen-bond donors (Lipinski definition) is 1. The van der Waals surface area contributed by atoms with Crippen molar-refractivity contribution < 1.29 is 14.3 Å². The molecule has 1 N–H and O–H groups in total. The molecular weight excluding hydrogens is 218 g/mol. The Kier molecular flexibility index (Phi) is 5.42. The van der Waals surface area contributed by atoms with Crippen LogP contribution in [0.3, 0.4) is 0 Å². The summed E-state index contributed by atoms with van der Waals surface area (Å²) in [6, 6.07) is 0. The highest BCUT2D eigenvalue weighted by Crippen LogP contribution is 2.16. The molecule has 0 amide bonds. The van der Waals surface area contributed by atoms with E-state index in [0.717, 1.165) is 45.4 Å². The lowest BCUT2D eigenvalue weighted by molar-refractivity contribution is -0.128. The van der Waals surface area contributed by atoms with Crippen LogP contribution in [-0.2, 0) is 14.3 Å². The first kappa shape index (κ1) is 13.0. The molecule has 0 aromatic carbocycles. The smallest absolute Gasteiger partial charge is 0.140 e. The van der Waals surface area contributed by atoms with Gasteiger partial charge in [-0.3, -0.25) is 4.79 Å². The van der Waals surface area contributed by atoms with Crippen LogP contribution in [0.15, 0.2) is 0 Å². The van der Waals surface area contributed by atoms with Crippen LogP contribution in [0, 0.1) is 5.92 Å². The molecule has 2 saturated heterocycles. The zero-order valence-electron chi connectivity index (χ0n) is 10.5. The van der Waals surface area contributed by atoms with Gasteiger partial charge in [0.1, 0.15) is 5.78 Å². The minimum atomic E-state index is 0.125. The molecule has 2 rings (SSSR count). The summed E-state index contributed by atoms with van der Waals surface area (Å²) in [6.45, 7) is 4.09. The van der Waals surface area contributed by atoms with Gasteiger partial charge in [0.05, 0.1) is 19.3 Å². The van der Waals surface area contributed by atoms with Crippen molar-refractivity contribution in [2.75, 3.05) is 32.9 Å². The molecule has 2 aliphatic heterocycles. The Morgan fingerprint density at radius 1 is 1.29 bits per heavy atom. The quantitative estimate of drug-likeness (QED) is 0.784. The molecule has 98 valence electrons. The first-order valence-electron chi connectivity index (χ1n) is 6.79. The molecule has 2 heterocycles. The third-order valence-electron chi connectivity index (χ3n) is 3.60. The van der Waals surface area contributed by atoms with Gasteiger partial charge in [-0.25, -0.2) is 0 Å². The van der Waals surface area contributed by atoms with Gasteiger partial charge in [-0.05, 0) is 38.8 Å². The van der Waals surface area contributed by atoms with Crippen LogP contribution in [0.25, 0.3) is 0 Å². The number of piperidine rings is 1. The Morgan fingerprint density at radius 2 is 2.12 bits per heavy atom. The number of carbonyl (C=O) groups excluding carboxylic acids is 1. The van der Waals surface area contributed by atoms with Gasteiger partial charge in [-0.15, -0.1) is 0 Å². The zero-order valence-corrected chi connectivity index (χ0v) is 10.5. The van der Waals surface area contributed by atoms with Crippen LogP contribution in [0.4, 0.5) is 0 Å². The summed E-state index contributed by atoms with van der Waals surface area (Å²) in [5.74, 6) is 0.444. The maximum absolute atomic E-state index is 11.9. The lowest BCUT2D eigenvalue weighted by Crippen LogP contribution is -2.33. The summed E-state index contributed by atoms with van der Waals surface area (Å²) >= 11 is 0. The second-order valence-corrected chi connectivity index (χ2v) is 4.95. The SMILES string of the molecule is O=C(CCOC1CCNCC1)C1CCCOC1. The molecule has 1 atom stereocenters. The van der Waals surface area contributed by atoms with Gasteiger partial charge in [-0.2, -0.15) is 0 Å². The molecule has 4 heteroatoms. The Labute approximate surface area is 103 Å². The fourth-order valence-electron chi connectivity index (χ4n) is 2.49. The summed E-state index contributed by atoms with van der Waals surface area (Å²) < 4.78 is 11.1. The first-order chi connectivity index (χ1) is 8.36. The molecule has 0 bridgehead atoms. The number of Topliss-reactive ketones (excluding diaryl/α,β-unsaturated/α-hetero) is 1. The van der Waals surface area contributed by atoms with Gasteiger partial charge >= 0.3 is 0 Å². The highest BCUT2D eigenvalue weighted by Gasteiger charge is 2.21. The molecular formula is C13H23NO3. The fourth-order valence-corrected chi connectivity index (χ4v) is 2.49.